The van der Waals surface area contributed by atoms with Crippen LogP contribution in [0.2, 0.25) is 0 Å². The van der Waals surface area contributed by atoms with Gasteiger partial charge in [-0.1, -0.05) is 18.2 Å². The second-order valence-corrected chi connectivity index (χ2v) is 6.12. The predicted octanol–water partition coefficient (Wildman–Crippen LogP) is 5.43. The Kier molecular flexibility index (Phi) is 6.05. The Labute approximate surface area is 169 Å². The first-order valence-corrected chi connectivity index (χ1v) is 8.71. The maximum atomic E-state index is 12.3. The number of carbonyl (C=O) groups excluding carboxylic acids is 1. The lowest BCUT2D eigenvalue weighted by atomic mass is 10.3. The molecule has 0 saturated heterocycles. The molecule has 2 N–H and O–H groups in total. The summed E-state index contributed by atoms with van der Waals surface area (Å²) in [4.78, 5) is 20.7. The number of halogens is 3. The number of rotatable bonds is 5. The van der Waals surface area contributed by atoms with Crippen LogP contribution < -0.4 is 20.1 Å². The molecule has 1 aromatic heterocycles. The standard InChI is InChI=1S/C20H17F3N4O3/c1-12-17(13(2)25-19(24-12)29-15-6-4-3-5-7-15)27-18(28)26-14-8-10-16(11-9-14)30-20(21,22)23/h3-11H,1-2H3,(H2,26,27,28). The number of ether oxygens (including phenoxy) is 2. The van der Waals surface area contributed by atoms with Crippen molar-refractivity contribution in [3.63, 3.8) is 0 Å². The van der Waals surface area contributed by atoms with E-state index in [1.807, 2.05) is 18.2 Å². The number of nitrogens with zero attached hydrogens (tertiary/aromatic N) is 2. The summed E-state index contributed by atoms with van der Waals surface area (Å²) in [6, 6.07) is 13.3. The van der Waals surface area contributed by atoms with Crippen molar-refractivity contribution in [1.29, 1.82) is 0 Å². The van der Waals surface area contributed by atoms with E-state index in [1.165, 1.54) is 12.1 Å². The van der Waals surface area contributed by atoms with Crippen LogP contribution in [0, 0.1) is 13.8 Å². The van der Waals surface area contributed by atoms with Crippen molar-refractivity contribution in [1.82, 2.24) is 9.97 Å². The zero-order chi connectivity index (χ0) is 21.7. The fraction of sp³-hybridized carbons (Fsp3) is 0.150. The zero-order valence-corrected chi connectivity index (χ0v) is 15.9. The molecule has 0 aliphatic rings. The molecular formula is C20H17F3N4O3. The highest BCUT2D eigenvalue weighted by atomic mass is 19.4. The number of aryl methyl sites for hydroxylation is 2. The van der Waals surface area contributed by atoms with Crippen LogP contribution in [0.15, 0.2) is 54.6 Å². The van der Waals surface area contributed by atoms with Crippen LogP contribution >= 0.6 is 0 Å². The molecule has 0 atom stereocenters. The lowest BCUT2D eigenvalue weighted by Crippen LogP contribution is -2.21. The summed E-state index contributed by atoms with van der Waals surface area (Å²) in [6.45, 7) is 3.37. The number of urea groups is 1. The lowest BCUT2D eigenvalue weighted by molar-refractivity contribution is -0.274. The molecule has 10 heteroatoms. The quantitative estimate of drug-likeness (QED) is 0.577. The van der Waals surface area contributed by atoms with Gasteiger partial charge in [0.05, 0.1) is 17.1 Å². The van der Waals surface area contributed by atoms with Crippen LogP contribution in [0.3, 0.4) is 0 Å². The number of carbonyl (C=O) groups is 1. The number of hydrogen-bond acceptors (Lipinski definition) is 5. The molecule has 0 aliphatic carbocycles. The number of benzene rings is 2. The van der Waals surface area contributed by atoms with Crippen LogP contribution in [-0.4, -0.2) is 22.4 Å². The molecular weight excluding hydrogens is 401 g/mol. The van der Waals surface area contributed by atoms with Crippen LogP contribution in [0.25, 0.3) is 0 Å². The number of nitrogens with one attached hydrogen (secondary N) is 2. The summed E-state index contributed by atoms with van der Waals surface area (Å²) >= 11 is 0. The Morgan fingerprint density at radius 2 is 1.47 bits per heavy atom. The molecule has 0 radical (unpaired) electrons. The molecule has 1 heterocycles. The SMILES string of the molecule is Cc1nc(Oc2ccccc2)nc(C)c1NC(=O)Nc1ccc(OC(F)(F)F)cc1. The summed E-state index contributed by atoms with van der Waals surface area (Å²) in [7, 11) is 0. The maximum Gasteiger partial charge on any atom is 0.573 e. The fourth-order valence-corrected chi connectivity index (χ4v) is 2.52. The first-order valence-electron chi connectivity index (χ1n) is 8.71. The first kappa shape index (κ1) is 20.9. The van der Waals surface area contributed by atoms with Crippen LogP contribution in [0.1, 0.15) is 11.4 Å². The van der Waals surface area contributed by atoms with E-state index in [-0.39, 0.29) is 17.4 Å². The number of alkyl halides is 3. The molecule has 0 spiro atoms. The minimum atomic E-state index is -4.78. The molecule has 30 heavy (non-hydrogen) atoms. The zero-order valence-electron chi connectivity index (χ0n) is 15.9. The third-order valence-electron chi connectivity index (χ3n) is 3.79. The van der Waals surface area contributed by atoms with E-state index in [9.17, 15) is 18.0 Å². The van der Waals surface area contributed by atoms with Crippen molar-refractivity contribution in [3.8, 4) is 17.5 Å². The third kappa shape index (κ3) is 5.84. The minimum Gasteiger partial charge on any atom is -0.424 e. The van der Waals surface area contributed by atoms with E-state index >= 15 is 0 Å². The van der Waals surface area contributed by atoms with Gasteiger partial charge in [0.25, 0.3) is 0 Å². The Morgan fingerprint density at radius 1 is 0.867 bits per heavy atom. The highest BCUT2D eigenvalue weighted by Crippen LogP contribution is 2.25. The van der Waals surface area contributed by atoms with Crippen molar-refractivity contribution >= 4 is 17.4 Å². The smallest absolute Gasteiger partial charge is 0.424 e. The Balaban J connectivity index is 1.65. The highest BCUT2D eigenvalue weighted by Gasteiger charge is 2.31. The Hall–Kier alpha value is -3.82. The van der Waals surface area contributed by atoms with Gasteiger partial charge in [-0.3, -0.25) is 0 Å². The average molecular weight is 418 g/mol. The average Bonchev–Trinajstić information content (AvgIpc) is 2.66. The van der Waals surface area contributed by atoms with Gasteiger partial charge in [0.1, 0.15) is 11.5 Å². The van der Waals surface area contributed by atoms with Crippen molar-refractivity contribution < 1.29 is 27.4 Å². The Bertz CT molecular complexity index is 1000. The molecule has 0 unspecified atom stereocenters. The predicted molar refractivity (Wildman–Crippen MR) is 104 cm³/mol. The minimum absolute atomic E-state index is 0.141. The van der Waals surface area contributed by atoms with Crippen LogP contribution in [0.4, 0.5) is 29.3 Å². The van der Waals surface area contributed by atoms with Crippen molar-refractivity contribution in [2.45, 2.75) is 20.2 Å². The molecule has 156 valence electrons. The van der Waals surface area contributed by atoms with Gasteiger partial charge < -0.3 is 20.1 Å². The summed E-state index contributed by atoms with van der Waals surface area (Å²) in [5.41, 5.74) is 1.64. The number of hydrogen-bond donors (Lipinski definition) is 2. The monoisotopic (exact) mass is 418 g/mol. The largest absolute Gasteiger partial charge is 0.573 e. The van der Waals surface area contributed by atoms with Gasteiger partial charge in [-0.2, -0.15) is 9.97 Å². The molecule has 3 aromatic rings. The number of aromatic nitrogens is 2. The van der Waals surface area contributed by atoms with Gasteiger partial charge >= 0.3 is 18.4 Å². The van der Waals surface area contributed by atoms with Crippen LogP contribution in [-0.2, 0) is 0 Å². The van der Waals surface area contributed by atoms with Gasteiger partial charge in [0, 0.05) is 5.69 Å². The molecule has 3 rings (SSSR count). The van der Waals surface area contributed by atoms with Crippen molar-refractivity contribution in [2.24, 2.45) is 0 Å². The molecule has 0 aliphatic heterocycles. The topological polar surface area (TPSA) is 85.4 Å². The fourth-order valence-electron chi connectivity index (χ4n) is 2.52. The van der Waals surface area contributed by atoms with Crippen molar-refractivity contribution in [2.75, 3.05) is 10.6 Å². The molecule has 2 aromatic carbocycles. The van der Waals surface area contributed by atoms with E-state index in [4.69, 9.17) is 4.74 Å². The summed E-state index contributed by atoms with van der Waals surface area (Å²) in [6.07, 6.45) is -4.78. The van der Waals surface area contributed by atoms with E-state index in [0.29, 0.717) is 22.8 Å². The first-order chi connectivity index (χ1) is 14.2. The second kappa shape index (κ2) is 8.68. The summed E-state index contributed by atoms with van der Waals surface area (Å²) in [5.74, 6) is 0.190. The van der Waals surface area contributed by atoms with Crippen LogP contribution in [0.5, 0.6) is 17.5 Å². The van der Waals surface area contributed by atoms with Gasteiger partial charge in [-0.25, -0.2) is 4.79 Å². The molecule has 0 bridgehead atoms. The number of para-hydroxylation sites is 1. The highest BCUT2D eigenvalue weighted by molar-refractivity contribution is 6.00. The number of amides is 2. The van der Waals surface area contributed by atoms with Gasteiger partial charge in [-0.05, 0) is 50.2 Å². The van der Waals surface area contributed by atoms with E-state index in [1.54, 1.807) is 26.0 Å². The van der Waals surface area contributed by atoms with E-state index in [0.717, 1.165) is 12.1 Å². The summed E-state index contributed by atoms with van der Waals surface area (Å²) < 4.78 is 46.0. The molecule has 0 saturated carbocycles. The van der Waals surface area contributed by atoms with Gasteiger partial charge in [0.2, 0.25) is 0 Å². The van der Waals surface area contributed by atoms with E-state index < -0.39 is 12.4 Å². The normalized spacial score (nSPS) is 11.0. The molecule has 0 fully saturated rings. The van der Waals surface area contributed by atoms with Gasteiger partial charge in [-0.15, -0.1) is 13.2 Å². The number of anilines is 2. The summed E-state index contributed by atoms with van der Waals surface area (Å²) in [5, 5.41) is 5.14. The Morgan fingerprint density at radius 3 is 2.03 bits per heavy atom. The molecule has 7 nitrogen and oxygen atoms in total. The third-order valence-corrected chi connectivity index (χ3v) is 3.79. The second-order valence-electron chi connectivity index (χ2n) is 6.12. The maximum absolute atomic E-state index is 12.3. The van der Waals surface area contributed by atoms with Crippen molar-refractivity contribution in [3.05, 3.63) is 66.0 Å². The van der Waals surface area contributed by atoms with Gasteiger partial charge in [0.15, 0.2) is 0 Å². The lowest BCUT2D eigenvalue weighted by Gasteiger charge is -2.13. The van der Waals surface area contributed by atoms with E-state index in [2.05, 4.69) is 25.3 Å². The molecule has 2 amide bonds.